The van der Waals surface area contributed by atoms with Crippen molar-refractivity contribution in [1.29, 1.82) is 0 Å². The molecule has 0 unspecified atom stereocenters. The van der Waals surface area contributed by atoms with Crippen molar-refractivity contribution in [3.8, 4) is 5.88 Å². The van der Waals surface area contributed by atoms with Gasteiger partial charge in [-0.25, -0.2) is 13.8 Å². The quantitative estimate of drug-likeness (QED) is 0.611. The molecule has 2 aromatic rings. The van der Waals surface area contributed by atoms with Crippen molar-refractivity contribution in [2.75, 3.05) is 13.2 Å². The summed E-state index contributed by atoms with van der Waals surface area (Å²) in [5.74, 6) is -5.48. The highest BCUT2D eigenvalue weighted by Gasteiger charge is 2.42. The summed E-state index contributed by atoms with van der Waals surface area (Å²) >= 11 is 5.96. The van der Waals surface area contributed by atoms with Gasteiger partial charge < -0.3 is 15.0 Å². The Labute approximate surface area is 179 Å². The number of aromatic nitrogens is 2. The van der Waals surface area contributed by atoms with Crippen molar-refractivity contribution in [2.45, 2.75) is 32.4 Å². The van der Waals surface area contributed by atoms with E-state index in [2.05, 4.69) is 20.0 Å². The Morgan fingerprint density at radius 2 is 2.13 bits per heavy atom. The van der Waals surface area contributed by atoms with Crippen LogP contribution in [-0.4, -0.2) is 52.2 Å². The largest absolute Gasteiger partial charge is 0.470 e. The van der Waals surface area contributed by atoms with Crippen molar-refractivity contribution in [3.05, 3.63) is 51.9 Å². The number of carbonyl (C=O) groups excluding carboxylic acids is 2. The molecular formula is C19H17ClF4N4O3. The van der Waals surface area contributed by atoms with Gasteiger partial charge >= 0.3 is 12.3 Å². The third kappa shape index (κ3) is 4.87. The molecule has 1 N–H and O–H groups in total. The van der Waals surface area contributed by atoms with Crippen LogP contribution < -0.4 is 10.1 Å². The number of amides is 2. The Morgan fingerprint density at radius 3 is 2.77 bits per heavy atom. The Bertz CT molecular complexity index is 1010. The first-order chi connectivity index (χ1) is 14.6. The lowest BCUT2D eigenvalue weighted by atomic mass is 10.1. The zero-order valence-corrected chi connectivity index (χ0v) is 16.9. The standard InChI is InChI=1S/C19H17ClF4N4O3/c1-2-25-15(29)14-12-8-28(17(30)11(12)3-4-26-14)7-10-5-13(20)16(27-6-10)31-9-19(23,24)18(21)22/h3-6,18H,2,7-9H2,1H3,(H,25,29). The van der Waals surface area contributed by atoms with E-state index in [1.54, 1.807) is 6.92 Å². The number of rotatable bonds is 8. The van der Waals surface area contributed by atoms with Gasteiger partial charge in [-0.1, -0.05) is 11.6 Å². The average Bonchev–Trinajstić information content (AvgIpc) is 3.03. The number of hydrogen-bond donors (Lipinski definition) is 1. The summed E-state index contributed by atoms with van der Waals surface area (Å²) in [6.07, 6.45) is -1.27. The first kappa shape index (κ1) is 22.7. The number of halogens is 5. The van der Waals surface area contributed by atoms with Crippen LogP contribution in [0.4, 0.5) is 17.6 Å². The molecule has 0 spiro atoms. The molecule has 0 aromatic carbocycles. The number of carbonyl (C=O) groups is 2. The fourth-order valence-electron chi connectivity index (χ4n) is 2.96. The summed E-state index contributed by atoms with van der Waals surface area (Å²) in [4.78, 5) is 34.2. The second-order valence-electron chi connectivity index (χ2n) is 6.69. The Kier molecular flexibility index (Phi) is 6.63. The topological polar surface area (TPSA) is 84.4 Å². The van der Waals surface area contributed by atoms with Crippen LogP contribution in [0.1, 0.15) is 38.9 Å². The summed E-state index contributed by atoms with van der Waals surface area (Å²) in [6, 6.07) is 2.86. The summed E-state index contributed by atoms with van der Waals surface area (Å²) in [6.45, 7) is 0.778. The van der Waals surface area contributed by atoms with E-state index in [0.717, 1.165) is 0 Å². The minimum Gasteiger partial charge on any atom is -0.470 e. The molecule has 0 aliphatic carbocycles. The van der Waals surface area contributed by atoms with E-state index in [-0.39, 0.29) is 35.6 Å². The predicted octanol–water partition coefficient (Wildman–Crippen LogP) is 3.31. The maximum absolute atomic E-state index is 13.0. The molecule has 3 heterocycles. The molecule has 1 aliphatic rings. The number of nitrogens with one attached hydrogen (secondary N) is 1. The Balaban J connectivity index is 1.72. The van der Waals surface area contributed by atoms with Gasteiger partial charge in [0.1, 0.15) is 10.7 Å². The summed E-state index contributed by atoms with van der Waals surface area (Å²) in [5, 5.41) is 2.47. The van der Waals surface area contributed by atoms with Crippen molar-refractivity contribution in [1.82, 2.24) is 20.2 Å². The number of fused-ring (bicyclic) bond motifs is 1. The van der Waals surface area contributed by atoms with E-state index in [1.807, 2.05) is 0 Å². The summed E-state index contributed by atoms with van der Waals surface area (Å²) in [7, 11) is 0. The lowest BCUT2D eigenvalue weighted by molar-refractivity contribution is -0.148. The zero-order chi connectivity index (χ0) is 22.8. The molecule has 3 rings (SSSR count). The Morgan fingerprint density at radius 1 is 1.39 bits per heavy atom. The van der Waals surface area contributed by atoms with Crippen LogP contribution >= 0.6 is 11.6 Å². The fraction of sp³-hybridized carbons (Fsp3) is 0.368. The van der Waals surface area contributed by atoms with Crippen LogP contribution in [0.2, 0.25) is 5.02 Å². The number of pyridine rings is 2. The molecule has 2 aromatic heterocycles. The molecule has 1 aliphatic heterocycles. The van der Waals surface area contributed by atoms with Gasteiger partial charge in [-0.05, 0) is 24.6 Å². The maximum atomic E-state index is 13.0. The summed E-state index contributed by atoms with van der Waals surface area (Å²) in [5.41, 5.74) is 1.46. The van der Waals surface area contributed by atoms with Crippen LogP contribution in [0.15, 0.2) is 24.5 Å². The van der Waals surface area contributed by atoms with E-state index in [4.69, 9.17) is 11.6 Å². The van der Waals surface area contributed by atoms with Crippen LogP contribution in [0.3, 0.4) is 0 Å². The molecule has 0 saturated heterocycles. The second-order valence-corrected chi connectivity index (χ2v) is 7.09. The molecule has 7 nitrogen and oxygen atoms in total. The SMILES string of the molecule is CCNC(=O)c1nccc2c1CN(Cc1cnc(OCC(F)(F)C(F)F)c(Cl)c1)C2=O. The first-order valence-electron chi connectivity index (χ1n) is 9.12. The number of ether oxygens (including phenoxy) is 1. The van der Waals surface area contributed by atoms with E-state index in [9.17, 15) is 27.2 Å². The van der Waals surface area contributed by atoms with Gasteiger partial charge in [0.05, 0.1) is 0 Å². The van der Waals surface area contributed by atoms with E-state index < -0.39 is 24.8 Å². The fourth-order valence-corrected chi connectivity index (χ4v) is 3.20. The molecular weight excluding hydrogens is 444 g/mol. The van der Waals surface area contributed by atoms with Gasteiger partial charge in [0, 0.05) is 43.2 Å². The monoisotopic (exact) mass is 460 g/mol. The molecule has 0 radical (unpaired) electrons. The first-order valence-corrected chi connectivity index (χ1v) is 9.50. The maximum Gasteiger partial charge on any atom is 0.340 e. The third-order valence-electron chi connectivity index (χ3n) is 4.43. The average molecular weight is 461 g/mol. The smallest absolute Gasteiger partial charge is 0.340 e. The number of hydrogen-bond acceptors (Lipinski definition) is 5. The van der Waals surface area contributed by atoms with Crippen LogP contribution in [0.25, 0.3) is 0 Å². The molecule has 166 valence electrons. The van der Waals surface area contributed by atoms with Crippen molar-refractivity contribution in [2.24, 2.45) is 0 Å². The molecule has 2 amide bonds. The molecule has 0 atom stereocenters. The van der Waals surface area contributed by atoms with E-state index >= 15 is 0 Å². The third-order valence-corrected chi connectivity index (χ3v) is 4.70. The lowest BCUT2D eigenvalue weighted by Gasteiger charge is -2.18. The second kappa shape index (κ2) is 9.04. The van der Waals surface area contributed by atoms with Crippen molar-refractivity contribution < 1.29 is 31.9 Å². The van der Waals surface area contributed by atoms with Crippen molar-refractivity contribution in [3.63, 3.8) is 0 Å². The minimum atomic E-state index is -4.34. The lowest BCUT2D eigenvalue weighted by Crippen LogP contribution is -2.34. The van der Waals surface area contributed by atoms with Gasteiger partial charge in [0.2, 0.25) is 5.88 Å². The molecule has 0 saturated carbocycles. The number of nitrogens with zero attached hydrogens (tertiary/aromatic N) is 3. The van der Waals surface area contributed by atoms with Crippen molar-refractivity contribution >= 4 is 23.4 Å². The van der Waals surface area contributed by atoms with Gasteiger partial charge in [-0.3, -0.25) is 14.6 Å². The number of alkyl halides is 4. The van der Waals surface area contributed by atoms with Gasteiger partial charge in [0.15, 0.2) is 6.61 Å². The predicted molar refractivity (Wildman–Crippen MR) is 102 cm³/mol. The van der Waals surface area contributed by atoms with Gasteiger partial charge in [0.25, 0.3) is 11.8 Å². The highest BCUT2D eigenvalue weighted by molar-refractivity contribution is 6.31. The zero-order valence-electron chi connectivity index (χ0n) is 16.2. The summed E-state index contributed by atoms with van der Waals surface area (Å²) < 4.78 is 55.1. The van der Waals surface area contributed by atoms with Gasteiger partial charge in [-0.2, -0.15) is 8.78 Å². The van der Waals surface area contributed by atoms with Gasteiger partial charge in [-0.15, -0.1) is 0 Å². The van der Waals surface area contributed by atoms with Crippen LogP contribution in [-0.2, 0) is 13.1 Å². The van der Waals surface area contributed by atoms with E-state index in [0.29, 0.717) is 23.2 Å². The normalized spacial score (nSPS) is 13.5. The highest BCUT2D eigenvalue weighted by Crippen LogP contribution is 2.30. The minimum absolute atomic E-state index is 0.0581. The highest BCUT2D eigenvalue weighted by atomic mass is 35.5. The van der Waals surface area contributed by atoms with E-state index in [1.165, 1.54) is 29.4 Å². The molecule has 0 bridgehead atoms. The Hall–Kier alpha value is -2.95. The molecule has 0 fully saturated rings. The molecule has 31 heavy (non-hydrogen) atoms. The molecule has 12 heteroatoms. The van der Waals surface area contributed by atoms with Crippen LogP contribution in [0.5, 0.6) is 5.88 Å². The van der Waals surface area contributed by atoms with Crippen LogP contribution in [0, 0.1) is 0 Å².